The number of nitrogens with one attached hydrogen (secondary N) is 2. The number of benzene rings is 2. The van der Waals surface area contributed by atoms with Crippen LogP contribution in [-0.2, 0) is 10.0 Å². The van der Waals surface area contributed by atoms with Gasteiger partial charge in [0.25, 0.3) is 11.8 Å². The topological polar surface area (TPSA) is 95.6 Å². The Hall–Kier alpha value is -2.53. The second kappa shape index (κ2) is 8.07. The number of amides is 2. The maximum absolute atomic E-state index is 13.3. The lowest BCUT2D eigenvalue weighted by atomic mass is 10.2. The number of hydrogen-bond donors (Lipinski definition) is 2. The third kappa shape index (κ3) is 4.25. The highest BCUT2D eigenvalue weighted by Crippen LogP contribution is 2.35. The molecule has 2 N–H and O–H groups in total. The third-order valence-electron chi connectivity index (χ3n) is 3.96. The normalized spacial score (nSPS) is 11.6. The van der Waals surface area contributed by atoms with Gasteiger partial charge in [-0.2, -0.15) is 0 Å². The number of carbonyl (C=O) groups is 2. The van der Waals surface area contributed by atoms with Crippen molar-refractivity contribution in [1.29, 1.82) is 0 Å². The molecule has 0 aliphatic heterocycles. The van der Waals surface area contributed by atoms with Gasteiger partial charge in [0.05, 0.1) is 9.92 Å². The number of sulfonamides is 1. The molecule has 29 heavy (non-hydrogen) atoms. The molecule has 0 aliphatic rings. The summed E-state index contributed by atoms with van der Waals surface area (Å²) < 4.78 is 39.2. The molecule has 1 heterocycles. The Morgan fingerprint density at radius 1 is 1.07 bits per heavy atom. The average molecular weight is 456 g/mol. The summed E-state index contributed by atoms with van der Waals surface area (Å²) in [6, 6.07) is 9.36. The Morgan fingerprint density at radius 3 is 2.45 bits per heavy atom. The number of hydrazine groups is 1. The van der Waals surface area contributed by atoms with Crippen LogP contribution in [0.4, 0.5) is 4.39 Å². The minimum absolute atomic E-state index is 0.0396. The summed E-state index contributed by atoms with van der Waals surface area (Å²) in [6.07, 6.45) is 0. The Balaban J connectivity index is 1.76. The fourth-order valence-corrected chi connectivity index (χ4v) is 4.82. The van der Waals surface area contributed by atoms with E-state index in [1.807, 2.05) is 0 Å². The largest absolute Gasteiger partial charge is 0.281 e. The zero-order chi connectivity index (χ0) is 21.3. The molecule has 3 rings (SSSR count). The molecule has 3 aromatic rings. The van der Waals surface area contributed by atoms with Crippen molar-refractivity contribution in [2.45, 2.75) is 4.90 Å². The second-order valence-corrected chi connectivity index (χ2v) is 9.69. The van der Waals surface area contributed by atoms with Gasteiger partial charge in [-0.3, -0.25) is 20.4 Å². The van der Waals surface area contributed by atoms with Crippen LogP contribution in [0.15, 0.2) is 47.4 Å². The maximum Gasteiger partial charge on any atom is 0.281 e. The number of fused-ring (bicyclic) bond motifs is 1. The molecule has 7 nitrogen and oxygen atoms in total. The molecular weight excluding hydrogens is 441 g/mol. The lowest BCUT2D eigenvalue weighted by Crippen LogP contribution is -2.41. The van der Waals surface area contributed by atoms with Crippen molar-refractivity contribution in [1.82, 2.24) is 15.2 Å². The van der Waals surface area contributed by atoms with Crippen LogP contribution in [0.2, 0.25) is 5.02 Å². The van der Waals surface area contributed by atoms with E-state index in [2.05, 4.69) is 10.9 Å². The van der Waals surface area contributed by atoms with E-state index in [-0.39, 0.29) is 20.4 Å². The number of rotatable bonds is 4. The number of hydrogen-bond acceptors (Lipinski definition) is 5. The van der Waals surface area contributed by atoms with Crippen molar-refractivity contribution < 1.29 is 22.4 Å². The highest BCUT2D eigenvalue weighted by atomic mass is 35.5. The number of halogens is 2. The molecule has 0 unspecified atom stereocenters. The highest BCUT2D eigenvalue weighted by Gasteiger charge is 2.20. The van der Waals surface area contributed by atoms with Crippen LogP contribution in [-0.4, -0.2) is 38.6 Å². The van der Waals surface area contributed by atoms with Crippen LogP contribution < -0.4 is 10.9 Å². The van der Waals surface area contributed by atoms with Crippen LogP contribution in [0.3, 0.4) is 0 Å². The molecule has 0 radical (unpaired) electrons. The van der Waals surface area contributed by atoms with E-state index in [1.54, 1.807) is 0 Å². The predicted molar refractivity (Wildman–Crippen MR) is 109 cm³/mol. The van der Waals surface area contributed by atoms with E-state index in [9.17, 15) is 22.4 Å². The smallest absolute Gasteiger partial charge is 0.267 e. The van der Waals surface area contributed by atoms with Gasteiger partial charge in [-0.1, -0.05) is 17.7 Å². The molecule has 2 aromatic carbocycles. The molecular formula is C18H15ClFN3O4S2. The summed E-state index contributed by atoms with van der Waals surface area (Å²) in [7, 11) is -0.956. The molecule has 11 heteroatoms. The highest BCUT2D eigenvalue weighted by molar-refractivity contribution is 7.89. The standard InChI is InChI=1S/C18H15ClFN3O4S2/c1-23(2)29(26,27)12-5-3-4-10(8-12)17(24)21-22-18(25)16-15(19)13-7-6-11(20)9-14(13)28-16/h3-9H,1-2H3,(H,21,24)(H,22,25). The fraction of sp³-hybridized carbons (Fsp3) is 0.111. The SMILES string of the molecule is CN(C)S(=O)(=O)c1cccc(C(=O)NNC(=O)c2sc3cc(F)ccc3c2Cl)c1. The maximum atomic E-state index is 13.3. The Morgan fingerprint density at radius 2 is 1.76 bits per heavy atom. The van der Waals surface area contributed by atoms with Crippen molar-refractivity contribution in [3.63, 3.8) is 0 Å². The van der Waals surface area contributed by atoms with Gasteiger partial charge in [-0.05, 0) is 36.4 Å². The van der Waals surface area contributed by atoms with Crippen molar-refractivity contribution in [2.24, 2.45) is 0 Å². The third-order valence-corrected chi connectivity index (χ3v) is 7.43. The van der Waals surface area contributed by atoms with Gasteiger partial charge in [0.2, 0.25) is 10.0 Å². The number of thiophene rings is 1. The fourth-order valence-electron chi connectivity index (χ4n) is 2.44. The van der Waals surface area contributed by atoms with Gasteiger partial charge in [0.15, 0.2) is 0 Å². The second-order valence-electron chi connectivity index (χ2n) is 6.11. The summed E-state index contributed by atoms with van der Waals surface area (Å²) in [5, 5.41) is 0.673. The average Bonchev–Trinajstić information content (AvgIpc) is 3.01. The van der Waals surface area contributed by atoms with Crippen LogP contribution in [0.1, 0.15) is 20.0 Å². The van der Waals surface area contributed by atoms with E-state index in [1.165, 1.54) is 56.6 Å². The molecule has 0 saturated carbocycles. The van der Waals surface area contributed by atoms with Crippen LogP contribution >= 0.6 is 22.9 Å². The molecule has 0 aliphatic carbocycles. The van der Waals surface area contributed by atoms with E-state index in [4.69, 9.17) is 11.6 Å². The lowest BCUT2D eigenvalue weighted by molar-refractivity contribution is 0.0849. The van der Waals surface area contributed by atoms with E-state index < -0.39 is 27.7 Å². The Labute approximate surface area is 175 Å². The Kier molecular flexibility index (Phi) is 5.90. The monoisotopic (exact) mass is 455 g/mol. The quantitative estimate of drug-likeness (QED) is 0.591. The van der Waals surface area contributed by atoms with Crippen LogP contribution in [0, 0.1) is 5.82 Å². The molecule has 0 bridgehead atoms. The van der Waals surface area contributed by atoms with Crippen molar-refractivity contribution in [3.8, 4) is 0 Å². The summed E-state index contributed by atoms with van der Waals surface area (Å²) in [5.74, 6) is -1.84. The summed E-state index contributed by atoms with van der Waals surface area (Å²) in [6.45, 7) is 0. The summed E-state index contributed by atoms with van der Waals surface area (Å²) in [4.78, 5) is 24.7. The van der Waals surface area contributed by atoms with Gasteiger partial charge in [0.1, 0.15) is 10.7 Å². The van der Waals surface area contributed by atoms with E-state index in [0.29, 0.717) is 10.1 Å². The lowest BCUT2D eigenvalue weighted by Gasteiger charge is -2.12. The molecule has 0 fully saturated rings. The number of carbonyl (C=O) groups excluding carboxylic acids is 2. The summed E-state index contributed by atoms with van der Waals surface area (Å²) >= 11 is 7.16. The molecule has 152 valence electrons. The van der Waals surface area contributed by atoms with E-state index >= 15 is 0 Å². The molecule has 0 atom stereocenters. The zero-order valence-corrected chi connectivity index (χ0v) is 17.6. The molecule has 0 saturated heterocycles. The Bertz CT molecular complexity index is 1230. The number of nitrogens with zero attached hydrogens (tertiary/aromatic N) is 1. The van der Waals surface area contributed by atoms with Gasteiger partial charge in [-0.25, -0.2) is 17.1 Å². The molecule has 2 amide bonds. The minimum atomic E-state index is -3.71. The van der Waals surface area contributed by atoms with Crippen LogP contribution in [0.5, 0.6) is 0 Å². The van der Waals surface area contributed by atoms with Crippen LogP contribution in [0.25, 0.3) is 10.1 Å². The first-order valence-corrected chi connectivity index (χ1v) is 10.8. The van der Waals surface area contributed by atoms with E-state index in [0.717, 1.165) is 15.6 Å². The predicted octanol–water partition coefficient (Wildman–Crippen LogP) is 3.02. The van der Waals surface area contributed by atoms with Crippen molar-refractivity contribution >= 4 is 54.9 Å². The molecule has 1 aromatic heterocycles. The van der Waals surface area contributed by atoms with Gasteiger partial charge < -0.3 is 0 Å². The van der Waals surface area contributed by atoms with Gasteiger partial charge in [0, 0.05) is 29.7 Å². The summed E-state index contributed by atoms with van der Waals surface area (Å²) in [5.41, 5.74) is 4.48. The first kappa shape index (κ1) is 21.2. The molecule has 0 spiro atoms. The van der Waals surface area contributed by atoms with Crippen molar-refractivity contribution in [3.05, 3.63) is 63.7 Å². The first-order chi connectivity index (χ1) is 13.6. The van der Waals surface area contributed by atoms with Gasteiger partial charge in [-0.15, -0.1) is 11.3 Å². The first-order valence-electron chi connectivity index (χ1n) is 8.12. The zero-order valence-electron chi connectivity index (χ0n) is 15.2. The minimum Gasteiger partial charge on any atom is -0.267 e. The van der Waals surface area contributed by atoms with Gasteiger partial charge >= 0.3 is 0 Å². The van der Waals surface area contributed by atoms with Crippen molar-refractivity contribution in [2.75, 3.05) is 14.1 Å².